The molecular formula is C16H19N3O2. The zero-order valence-electron chi connectivity index (χ0n) is 12.1. The zero-order chi connectivity index (χ0) is 14.8. The summed E-state index contributed by atoms with van der Waals surface area (Å²) < 4.78 is 2.17. The highest BCUT2D eigenvalue weighted by Crippen LogP contribution is 2.36. The van der Waals surface area contributed by atoms with Gasteiger partial charge in [-0.15, -0.1) is 0 Å². The van der Waals surface area contributed by atoms with Gasteiger partial charge >= 0.3 is 5.97 Å². The number of hydrogen-bond donors (Lipinski definition) is 1. The van der Waals surface area contributed by atoms with Gasteiger partial charge in [0.2, 0.25) is 0 Å². The minimum atomic E-state index is -0.826. The second-order valence-corrected chi connectivity index (χ2v) is 5.61. The van der Waals surface area contributed by atoms with E-state index in [1.54, 1.807) is 0 Å². The summed E-state index contributed by atoms with van der Waals surface area (Å²) in [5.74, 6) is -0.826. The van der Waals surface area contributed by atoms with Crippen molar-refractivity contribution in [2.45, 2.75) is 32.4 Å². The molecule has 0 unspecified atom stereocenters. The molecule has 21 heavy (non-hydrogen) atoms. The number of carboxylic acid groups (broad SMARTS) is 1. The van der Waals surface area contributed by atoms with E-state index in [0.717, 1.165) is 16.9 Å². The van der Waals surface area contributed by atoms with Gasteiger partial charge in [-0.2, -0.15) is 0 Å². The fourth-order valence-corrected chi connectivity index (χ4v) is 2.49. The van der Waals surface area contributed by atoms with E-state index in [0.29, 0.717) is 12.6 Å². The van der Waals surface area contributed by atoms with Gasteiger partial charge in [0.1, 0.15) is 6.54 Å². The molecule has 0 saturated heterocycles. The van der Waals surface area contributed by atoms with Crippen LogP contribution in [0.3, 0.4) is 0 Å². The molecule has 1 aliphatic rings. The van der Waals surface area contributed by atoms with Crippen molar-refractivity contribution in [1.29, 1.82) is 0 Å². The zero-order valence-corrected chi connectivity index (χ0v) is 12.1. The quantitative estimate of drug-likeness (QED) is 0.886. The number of benzene rings is 1. The first-order chi connectivity index (χ1) is 10.1. The highest BCUT2D eigenvalue weighted by Gasteiger charge is 2.26. The fourth-order valence-electron chi connectivity index (χ4n) is 2.49. The van der Waals surface area contributed by atoms with Gasteiger partial charge in [-0.3, -0.25) is 4.79 Å². The van der Waals surface area contributed by atoms with Crippen LogP contribution in [0.5, 0.6) is 0 Å². The molecule has 0 atom stereocenters. The Balaban J connectivity index is 1.83. The van der Waals surface area contributed by atoms with Crippen LogP contribution in [0.15, 0.2) is 36.8 Å². The molecule has 0 amide bonds. The molecule has 1 heterocycles. The van der Waals surface area contributed by atoms with Crippen LogP contribution in [0.25, 0.3) is 0 Å². The molecule has 1 aliphatic carbocycles. The van der Waals surface area contributed by atoms with E-state index in [1.807, 2.05) is 48.6 Å². The van der Waals surface area contributed by atoms with Gasteiger partial charge in [0.15, 0.2) is 0 Å². The summed E-state index contributed by atoms with van der Waals surface area (Å²) in [4.78, 5) is 17.2. The molecule has 1 N–H and O–H groups in total. The Morgan fingerprint density at radius 1 is 1.38 bits per heavy atom. The van der Waals surface area contributed by atoms with Gasteiger partial charge in [-0.25, -0.2) is 4.98 Å². The molecule has 0 aliphatic heterocycles. The van der Waals surface area contributed by atoms with Gasteiger partial charge in [-0.1, -0.05) is 17.7 Å². The smallest absolute Gasteiger partial charge is 0.323 e. The molecule has 3 rings (SSSR count). The Hall–Kier alpha value is -2.30. The Morgan fingerprint density at radius 2 is 2.10 bits per heavy atom. The number of imidazole rings is 1. The molecule has 110 valence electrons. The van der Waals surface area contributed by atoms with Crippen LogP contribution in [0, 0.1) is 6.92 Å². The lowest BCUT2D eigenvalue weighted by atomic mass is 10.2. The van der Waals surface area contributed by atoms with Crippen LogP contribution in [0.2, 0.25) is 0 Å². The molecule has 0 spiro atoms. The first kappa shape index (κ1) is 13.7. The summed E-state index contributed by atoms with van der Waals surface area (Å²) in [6.07, 6.45) is 6.06. The number of nitrogens with zero attached hydrogens (tertiary/aromatic N) is 3. The van der Waals surface area contributed by atoms with Crippen molar-refractivity contribution in [1.82, 2.24) is 9.55 Å². The summed E-state index contributed by atoms with van der Waals surface area (Å²) in [7, 11) is 0. The third-order valence-electron chi connectivity index (χ3n) is 3.76. The van der Waals surface area contributed by atoms with E-state index >= 15 is 0 Å². The van der Waals surface area contributed by atoms with Crippen molar-refractivity contribution in [3.8, 4) is 0 Å². The molecule has 1 aromatic carbocycles. The lowest BCUT2D eigenvalue weighted by molar-refractivity contribution is -0.135. The summed E-state index contributed by atoms with van der Waals surface area (Å²) >= 11 is 0. The van der Waals surface area contributed by atoms with E-state index in [4.69, 9.17) is 5.11 Å². The van der Waals surface area contributed by atoms with Gasteiger partial charge in [-0.05, 0) is 31.9 Å². The number of hydrogen-bond acceptors (Lipinski definition) is 3. The normalized spacial score (nSPS) is 14.1. The van der Waals surface area contributed by atoms with Crippen molar-refractivity contribution >= 4 is 11.7 Å². The molecular weight excluding hydrogens is 266 g/mol. The molecule has 1 fully saturated rings. The van der Waals surface area contributed by atoms with E-state index in [1.165, 1.54) is 12.8 Å². The van der Waals surface area contributed by atoms with Crippen molar-refractivity contribution in [2.75, 3.05) is 11.4 Å². The molecule has 5 heteroatoms. The lowest BCUT2D eigenvalue weighted by Gasteiger charge is -2.23. The van der Waals surface area contributed by atoms with Gasteiger partial charge in [0.05, 0.1) is 18.6 Å². The number of anilines is 1. The molecule has 5 nitrogen and oxygen atoms in total. The molecule has 2 aromatic rings. The highest BCUT2D eigenvalue weighted by atomic mass is 16.4. The van der Waals surface area contributed by atoms with Crippen LogP contribution in [0.1, 0.15) is 30.1 Å². The van der Waals surface area contributed by atoms with Crippen molar-refractivity contribution < 1.29 is 9.90 Å². The fraction of sp³-hybridized carbons (Fsp3) is 0.375. The molecule has 1 saturated carbocycles. The topological polar surface area (TPSA) is 58.4 Å². The average molecular weight is 285 g/mol. The van der Waals surface area contributed by atoms with Crippen LogP contribution in [0.4, 0.5) is 5.69 Å². The lowest BCUT2D eigenvalue weighted by Crippen LogP contribution is -2.30. The maximum atomic E-state index is 11.1. The van der Waals surface area contributed by atoms with E-state index < -0.39 is 5.97 Å². The van der Waals surface area contributed by atoms with Gasteiger partial charge in [0, 0.05) is 17.9 Å². The minimum Gasteiger partial charge on any atom is -0.480 e. The number of carboxylic acids is 1. The summed E-state index contributed by atoms with van der Waals surface area (Å²) in [6, 6.07) is 8.49. The summed E-state index contributed by atoms with van der Waals surface area (Å²) in [6.45, 7) is 2.57. The predicted molar refractivity (Wildman–Crippen MR) is 80.4 cm³/mol. The van der Waals surface area contributed by atoms with E-state index in [2.05, 4.69) is 9.55 Å². The maximum Gasteiger partial charge on any atom is 0.323 e. The Labute approximate surface area is 123 Å². The second-order valence-electron chi connectivity index (χ2n) is 5.61. The largest absolute Gasteiger partial charge is 0.480 e. The third kappa shape index (κ3) is 3.24. The van der Waals surface area contributed by atoms with Crippen LogP contribution < -0.4 is 4.90 Å². The maximum absolute atomic E-state index is 11.1. The first-order valence-electron chi connectivity index (χ1n) is 7.17. The van der Waals surface area contributed by atoms with Crippen molar-refractivity contribution in [2.24, 2.45) is 0 Å². The van der Waals surface area contributed by atoms with Gasteiger partial charge < -0.3 is 14.6 Å². The number of carbonyl (C=O) groups is 1. The summed E-state index contributed by atoms with van der Waals surface area (Å²) in [5, 5.41) is 9.16. The second kappa shape index (κ2) is 5.60. The number of rotatable bonds is 6. The Morgan fingerprint density at radius 3 is 2.71 bits per heavy atom. The molecule has 1 aromatic heterocycles. The standard InChI is InChI=1S/C16H19N3O2/c1-12-2-4-13(5-3-12)18(10-16(20)21)9-15-8-17-11-19(15)14-6-7-14/h2-5,8,11,14H,6-7,9-10H2,1H3,(H,20,21). The van der Waals surface area contributed by atoms with Crippen LogP contribution in [-0.4, -0.2) is 27.2 Å². The Kier molecular flexibility index (Phi) is 3.64. The predicted octanol–water partition coefficient (Wildman–Crippen LogP) is 2.62. The highest BCUT2D eigenvalue weighted by molar-refractivity contribution is 5.73. The first-order valence-corrected chi connectivity index (χ1v) is 7.17. The number of aliphatic carboxylic acids is 1. The van der Waals surface area contributed by atoms with Crippen molar-refractivity contribution in [3.05, 3.63) is 48.0 Å². The van der Waals surface area contributed by atoms with E-state index in [9.17, 15) is 4.79 Å². The Bertz CT molecular complexity index is 629. The SMILES string of the molecule is Cc1ccc(N(CC(=O)O)Cc2cncn2C2CC2)cc1. The average Bonchev–Trinajstić information content (AvgIpc) is 3.19. The molecule has 0 radical (unpaired) electrons. The third-order valence-corrected chi connectivity index (χ3v) is 3.76. The molecule has 0 bridgehead atoms. The monoisotopic (exact) mass is 285 g/mol. The number of aromatic nitrogens is 2. The van der Waals surface area contributed by atoms with E-state index in [-0.39, 0.29) is 6.54 Å². The van der Waals surface area contributed by atoms with Gasteiger partial charge in [0.25, 0.3) is 0 Å². The number of aryl methyl sites for hydroxylation is 1. The van der Waals surface area contributed by atoms with Crippen LogP contribution >= 0.6 is 0 Å². The summed E-state index contributed by atoms with van der Waals surface area (Å²) in [5.41, 5.74) is 3.16. The van der Waals surface area contributed by atoms with Crippen LogP contribution in [-0.2, 0) is 11.3 Å². The minimum absolute atomic E-state index is 0.0150. The van der Waals surface area contributed by atoms with Crippen molar-refractivity contribution in [3.63, 3.8) is 0 Å².